The first-order valence-corrected chi connectivity index (χ1v) is 4.08. The highest BCUT2D eigenvalue weighted by atomic mass is 19.1. The van der Waals surface area contributed by atoms with Crippen LogP contribution in [-0.4, -0.2) is 24.3 Å². The van der Waals surface area contributed by atoms with Crippen molar-refractivity contribution in [2.45, 2.75) is 0 Å². The van der Waals surface area contributed by atoms with E-state index in [0.717, 1.165) is 6.07 Å². The number of anilines is 1. The third-order valence-electron chi connectivity index (χ3n) is 1.63. The Balaban J connectivity index is 2.94. The zero-order valence-electron chi connectivity index (χ0n) is 7.67. The Hall–Kier alpha value is -1.69. The molecule has 0 aromatic heterocycles. The summed E-state index contributed by atoms with van der Waals surface area (Å²) in [6.45, 7) is -0.625. The van der Waals surface area contributed by atoms with E-state index >= 15 is 0 Å². The maximum atomic E-state index is 13.0. The van der Waals surface area contributed by atoms with Crippen LogP contribution < -0.4 is 5.73 Å². The third kappa shape index (κ3) is 2.63. The predicted octanol–water partition coefficient (Wildman–Crippen LogP) is 0.696. The Morgan fingerprint density at radius 2 is 2.07 bits per heavy atom. The number of carbonyl (C=O) groups excluding carboxylic acids is 1. The van der Waals surface area contributed by atoms with Crippen LogP contribution in [0.5, 0.6) is 0 Å². The van der Waals surface area contributed by atoms with Gasteiger partial charge in [-0.3, -0.25) is 0 Å². The summed E-state index contributed by atoms with van der Waals surface area (Å²) in [7, 11) is 0. The van der Waals surface area contributed by atoms with E-state index in [1.807, 2.05) is 0 Å². The molecule has 0 atom stereocenters. The van der Waals surface area contributed by atoms with Crippen LogP contribution in [0.4, 0.5) is 14.5 Å². The van der Waals surface area contributed by atoms with E-state index in [2.05, 4.69) is 4.74 Å². The lowest BCUT2D eigenvalue weighted by Crippen LogP contribution is -2.11. The molecule has 15 heavy (non-hydrogen) atoms. The van der Waals surface area contributed by atoms with Crippen molar-refractivity contribution in [2.75, 3.05) is 18.9 Å². The molecule has 1 aromatic carbocycles. The number of esters is 1. The van der Waals surface area contributed by atoms with Crippen molar-refractivity contribution >= 4 is 11.7 Å². The van der Waals surface area contributed by atoms with Crippen LogP contribution in [0.25, 0.3) is 0 Å². The minimum absolute atomic E-state index is 0.254. The van der Waals surface area contributed by atoms with Crippen molar-refractivity contribution in [3.8, 4) is 0 Å². The molecule has 3 N–H and O–H groups in total. The van der Waals surface area contributed by atoms with Gasteiger partial charge in [-0.05, 0) is 6.07 Å². The lowest BCUT2D eigenvalue weighted by Gasteiger charge is -2.05. The molecule has 0 radical (unpaired) electrons. The van der Waals surface area contributed by atoms with Gasteiger partial charge < -0.3 is 15.6 Å². The first-order valence-electron chi connectivity index (χ1n) is 4.08. The van der Waals surface area contributed by atoms with Gasteiger partial charge in [-0.2, -0.15) is 0 Å². The van der Waals surface area contributed by atoms with Gasteiger partial charge in [-0.1, -0.05) is 0 Å². The van der Waals surface area contributed by atoms with Crippen molar-refractivity contribution in [3.63, 3.8) is 0 Å². The zero-order chi connectivity index (χ0) is 11.4. The number of hydrogen-bond acceptors (Lipinski definition) is 4. The van der Waals surface area contributed by atoms with Crippen LogP contribution in [0.15, 0.2) is 12.1 Å². The highest BCUT2D eigenvalue weighted by molar-refractivity contribution is 5.90. The van der Waals surface area contributed by atoms with Crippen LogP contribution in [0.3, 0.4) is 0 Å². The molecule has 0 aliphatic rings. The molecule has 1 aromatic rings. The monoisotopic (exact) mass is 217 g/mol. The number of aliphatic hydroxyl groups excluding tert-OH is 1. The second-order valence-corrected chi connectivity index (χ2v) is 2.71. The van der Waals surface area contributed by atoms with Gasteiger partial charge in [0.05, 0.1) is 17.9 Å². The zero-order valence-corrected chi connectivity index (χ0v) is 7.67. The van der Waals surface area contributed by atoms with Crippen LogP contribution in [0.1, 0.15) is 10.4 Å². The molecule has 0 heterocycles. The largest absolute Gasteiger partial charge is 0.460 e. The number of rotatable bonds is 3. The topological polar surface area (TPSA) is 72.6 Å². The van der Waals surface area contributed by atoms with Crippen LogP contribution in [0.2, 0.25) is 0 Å². The number of halogens is 2. The molecule has 82 valence electrons. The minimum atomic E-state index is -1.05. The fourth-order valence-electron chi connectivity index (χ4n) is 0.938. The summed E-state index contributed by atoms with van der Waals surface area (Å²) >= 11 is 0. The molecule has 0 amide bonds. The smallest absolute Gasteiger partial charge is 0.341 e. The summed E-state index contributed by atoms with van der Waals surface area (Å²) in [6.07, 6.45) is 0. The number of aliphatic hydroxyl groups is 1. The molecule has 0 bridgehead atoms. The van der Waals surface area contributed by atoms with Crippen molar-refractivity contribution in [2.24, 2.45) is 0 Å². The van der Waals surface area contributed by atoms with Crippen molar-refractivity contribution < 1.29 is 23.4 Å². The quantitative estimate of drug-likeness (QED) is 0.577. The second kappa shape index (κ2) is 4.70. The molecule has 0 fully saturated rings. The first kappa shape index (κ1) is 11.4. The summed E-state index contributed by atoms with van der Waals surface area (Å²) < 4.78 is 30.2. The van der Waals surface area contributed by atoms with Gasteiger partial charge in [-0.25, -0.2) is 13.6 Å². The van der Waals surface area contributed by atoms with E-state index in [-0.39, 0.29) is 18.9 Å². The van der Waals surface area contributed by atoms with E-state index in [1.54, 1.807) is 0 Å². The number of nitrogens with two attached hydrogens (primary N) is 1. The summed E-state index contributed by atoms with van der Waals surface area (Å²) in [5.74, 6) is -2.98. The van der Waals surface area contributed by atoms with E-state index in [4.69, 9.17) is 10.8 Å². The normalized spacial score (nSPS) is 10.1. The average Bonchev–Trinajstić information content (AvgIpc) is 2.20. The molecule has 4 nitrogen and oxygen atoms in total. The standard InChI is InChI=1S/C9H9F2NO3/c10-6-4-7(11)8(12)3-5(6)9(14)15-2-1-13/h3-4,13H,1-2,12H2. The van der Waals surface area contributed by atoms with Gasteiger partial charge in [-0.15, -0.1) is 0 Å². The number of nitrogen functional groups attached to an aromatic ring is 1. The molecular formula is C9H9F2NO3. The number of hydrogen-bond donors (Lipinski definition) is 2. The molecular weight excluding hydrogens is 208 g/mol. The van der Waals surface area contributed by atoms with Gasteiger partial charge in [0.15, 0.2) is 0 Å². The predicted molar refractivity (Wildman–Crippen MR) is 48.1 cm³/mol. The fraction of sp³-hybridized carbons (Fsp3) is 0.222. The summed E-state index contributed by atoms with van der Waals surface area (Å²) in [6, 6.07) is 1.36. The number of carbonyl (C=O) groups is 1. The van der Waals surface area contributed by atoms with E-state index in [1.165, 1.54) is 0 Å². The maximum Gasteiger partial charge on any atom is 0.341 e. The maximum absolute atomic E-state index is 13.0. The SMILES string of the molecule is Nc1cc(C(=O)OCCO)c(F)cc1F. The molecule has 6 heteroatoms. The van der Waals surface area contributed by atoms with E-state index in [9.17, 15) is 13.6 Å². The molecule has 0 saturated carbocycles. The Kier molecular flexibility index (Phi) is 3.56. The highest BCUT2D eigenvalue weighted by Crippen LogP contribution is 2.17. The van der Waals surface area contributed by atoms with Crippen LogP contribution in [0, 0.1) is 11.6 Å². The minimum Gasteiger partial charge on any atom is -0.460 e. The molecule has 0 spiro atoms. The summed E-state index contributed by atoms with van der Waals surface area (Å²) in [5.41, 5.74) is 4.36. The van der Waals surface area contributed by atoms with Crippen molar-refractivity contribution in [1.82, 2.24) is 0 Å². The van der Waals surface area contributed by atoms with Gasteiger partial charge in [0.25, 0.3) is 0 Å². The van der Waals surface area contributed by atoms with Gasteiger partial charge in [0.1, 0.15) is 18.2 Å². The van der Waals surface area contributed by atoms with Gasteiger partial charge >= 0.3 is 5.97 Å². The molecule has 1 rings (SSSR count). The Bertz CT molecular complexity index is 382. The lowest BCUT2D eigenvalue weighted by atomic mass is 10.2. The number of benzene rings is 1. The van der Waals surface area contributed by atoms with Crippen molar-refractivity contribution in [1.29, 1.82) is 0 Å². The second-order valence-electron chi connectivity index (χ2n) is 2.71. The molecule has 0 unspecified atom stereocenters. The Labute approximate surface area is 84.3 Å². The molecule has 0 aliphatic heterocycles. The van der Waals surface area contributed by atoms with Gasteiger partial charge in [0.2, 0.25) is 0 Å². The van der Waals surface area contributed by atoms with Crippen LogP contribution >= 0.6 is 0 Å². The summed E-state index contributed by atoms with van der Waals surface area (Å²) in [5, 5.41) is 8.37. The lowest BCUT2D eigenvalue weighted by molar-refractivity contribution is 0.0428. The highest BCUT2D eigenvalue weighted by Gasteiger charge is 2.15. The number of ether oxygens (including phenoxy) is 1. The fourth-order valence-corrected chi connectivity index (χ4v) is 0.938. The van der Waals surface area contributed by atoms with E-state index < -0.39 is 23.2 Å². The summed E-state index contributed by atoms with van der Waals surface area (Å²) in [4.78, 5) is 11.1. The van der Waals surface area contributed by atoms with E-state index in [0.29, 0.717) is 6.07 Å². The Morgan fingerprint density at radius 3 is 2.67 bits per heavy atom. The molecule has 0 saturated heterocycles. The van der Waals surface area contributed by atoms with Crippen LogP contribution in [-0.2, 0) is 4.74 Å². The third-order valence-corrected chi connectivity index (χ3v) is 1.63. The van der Waals surface area contributed by atoms with Gasteiger partial charge in [0, 0.05) is 6.07 Å². The van der Waals surface area contributed by atoms with Crippen molar-refractivity contribution in [3.05, 3.63) is 29.3 Å². The first-order chi connectivity index (χ1) is 7.06. The molecule has 0 aliphatic carbocycles. The Morgan fingerprint density at radius 1 is 1.40 bits per heavy atom. The average molecular weight is 217 g/mol.